The molecule has 0 aliphatic rings. The molecule has 0 fully saturated rings. The molecule has 1 heterocycles. The van der Waals surface area contributed by atoms with Gasteiger partial charge in [0.2, 0.25) is 0 Å². The molecule has 0 radical (unpaired) electrons. The average Bonchev–Trinajstić information content (AvgIpc) is 2.88. The van der Waals surface area contributed by atoms with E-state index in [1.54, 1.807) is 6.07 Å². The number of hydrogen-bond donors (Lipinski definition) is 1. The SMILES string of the molecule is O=C(O)C=Cc1cc(F)ccc1CSc1ncns1. The molecular weight excluding hydrogens is 287 g/mol. The maximum Gasteiger partial charge on any atom is 0.328 e. The summed E-state index contributed by atoms with van der Waals surface area (Å²) in [5.41, 5.74) is 1.40. The van der Waals surface area contributed by atoms with Crippen molar-refractivity contribution in [2.45, 2.75) is 10.1 Å². The van der Waals surface area contributed by atoms with Crippen molar-refractivity contribution in [3.63, 3.8) is 0 Å². The van der Waals surface area contributed by atoms with Crippen molar-refractivity contribution in [3.8, 4) is 0 Å². The lowest BCUT2D eigenvalue weighted by Crippen LogP contribution is -1.91. The second-order valence-corrected chi connectivity index (χ2v) is 5.51. The van der Waals surface area contributed by atoms with Gasteiger partial charge in [0.1, 0.15) is 12.1 Å². The smallest absolute Gasteiger partial charge is 0.328 e. The van der Waals surface area contributed by atoms with Gasteiger partial charge in [0, 0.05) is 11.8 Å². The molecular formula is C12H9FN2O2S2. The van der Waals surface area contributed by atoms with Crippen molar-refractivity contribution in [1.82, 2.24) is 9.36 Å². The lowest BCUT2D eigenvalue weighted by molar-refractivity contribution is -0.131. The normalized spacial score (nSPS) is 11.0. The van der Waals surface area contributed by atoms with Crippen molar-refractivity contribution in [2.24, 2.45) is 0 Å². The highest BCUT2D eigenvalue weighted by Gasteiger charge is 2.05. The zero-order chi connectivity index (χ0) is 13.7. The number of benzene rings is 1. The van der Waals surface area contributed by atoms with Crippen molar-refractivity contribution < 1.29 is 14.3 Å². The minimum absolute atomic E-state index is 0.394. The maximum atomic E-state index is 13.2. The third kappa shape index (κ3) is 4.15. The van der Waals surface area contributed by atoms with Gasteiger partial charge < -0.3 is 5.11 Å². The van der Waals surface area contributed by atoms with E-state index in [1.807, 2.05) is 0 Å². The van der Waals surface area contributed by atoms with Gasteiger partial charge in [-0.15, -0.1) is 0 Å². The third-order valence-corrected chi connectivity index (χ3v) is 4.05. The Morgan fingerprint density at radius 3 is 3.05 bits per heavy atom. The Bertz CT molecular complexity index is 600. The van der Waals surface area contributed by atoms with Crippen LogP contribution >= 0.6 is 23.3 Å². The minimum Gasteiger partial charge on any atom is -0.478 e. The topological polar surface area (TPSA) is 63.1 Å². The van der Waals surface area contributed by atoms with Gasteiger partial charge >= 0.3 is 5.97 Å². The van der Waals surface area contributed by atoms with Crippen molar-refractivity contribution in [1.29, 1.82) is 0 Å². The standard InChI is InChI=1S/C12H9FN2O2S2/c13-10-3-1-9(6-18-12-14-7-15-19-12)8(5-10)2-4-11(16)17/h1-5,7H,6H2,(H,16,17). The maximum absolute atomic E-state index is 13.2. The summed E-state index contributed by atoms with van der Waals surface area (Å²) < 4.78 is 17.9. The fraction of sp³-hybridized carbons (Fsp3) is 0.0833. The van der Waals surface area contributed by atoms with E-state index in [0.717, 1.165) is 16.0 Å². The number of aliphatic carboxylic acids is 1. The van der Waals surface area contributed by atoms with Crippen LogP contribution in [0.1, 0.15) is 11.1 Å². The Balaban J connectivity index is 2.16. The third-order valence-electron chi connectivity index (χ3n) is 2.21. The average molecular weight is 296 g/mol. The molecule has 0 bridgehead atoms. The molecule has 98 valence electrons. The number of rotatable bonds is 5. The summed E-state index contributed by atoms with van der Waals surface area (Å²) in [7, 11) is 0. The van der Waals surface area contributed by atoms with Crippen LogP contribution in [-0.4, -0.2) is 20.4 Å². The number of nitrogens with zero attached hydrogens (tertiary/aromatic N) is 2. The fourth-order valence-electron chi connectivity index (χ4n) is 1.38. The van der Waals surface area contributed by atoms with Gasteiger partial charge in [-0.3, -0.25) is 0 Å². The quantitative estimate of drug-likeness (QED) is 0.678. The Labute approximate surface area is 117 Å². The molecule has 1 aromatic carbocycles. The highest BCUT2D eigenvalue weighted by Crippen LogP contribution is 2.25. The number of carboxylic acid groups (broad SMARTS) is 1. The van der Waals surface area contributed by atoms with Crippen LogP contribution in [0.2, 0.25) is 0 Å². The molecule has 0 saturated carbocycles. The molecule has 0 atom stereocenters. The molecule has 0 aliphatic heterocycles. The molecule has 2 rings (SSSR count). The number of hydrogen-bond acceptors (Lipinski definition) is 5. The number of halogens is 1. The van der Waals surface area contributed by atoms with E-state index >= 15 is 0 Å². The number of aromatic nitrogens is 2. The van der Waals surface area contributed by atoms with Crippen LogP contribution in [0.4, 0.5) is 4.39 Å². The van der Waals surface area contributed by atoms with Gasteiger partial charge in [-0.1, -0.05) is 17.8 Å². The Morgan fingerprint density at radius 1 is 1.53 bits per heavy atom. The summed E-state index contributed by atoms with van der Waals surface area (Å²) in [5, 5.41) is 8.61. The molecule has 0 spiro atoms. The van der Waals surface area contributed by atoms with Crippen molar-refractivity contribution in [3.05, 3.63) is 47.5 Å². The first-order chi connectivity index (χ1) is 9.15. The van der Waals surface area contributed by atoms with Gasteiger partial charge in [-0.05, 0) is 40.9 Å². The molecule has 0 aliphatic carbocycles. The summed E-state index contributed by atoms with van der Waals surface area (Å²) in [5.74, 6) is -0.879. The summed E-state index contributed by atoms with van der Waals surface area (Å²) in [6.07, 6.45) is 3.86. The molecule has 2 aromatic rings. The zero-order valence-corrected chi connectivity index (χ0v) is 11.2. The van der Waals surface area contributed by atoms with Crippen molar-refractivity contribution >= 4 is 35.3 Å². The second-order valence-electron chi connectivity index (χ2n) is 3.51. The van der Waals surface area contributed by atoms with Crippen LogP contribution in [0.3, 0.4) is 0 Å². The second kappa shape index (κ2) is 6.44. The van der Waals surface area contributed by atoms with Crippen LogP contribution in [0.5, 0.6) is 0 Å². The van der Waals surface area contributed by atoms with Gasteiger partial charge in [0.15, 0.2) is 4.34 Å². The predicted octanol–water partition coefficient (Wildman–Crippen LogP) is 3.07. The molecule has 0 unspecified atom stereocenters. The molecule has 1 aromatic heterocycles. The van der Waals surface area contributed by atoms with E-state index in [0.29, 0.717) is 11.3 Å². The van der Waals surface area contributed by atoms with E-state index in [9.17, 15) is 9.18 Å². The van der Waals surface area contributed by atoms with Crippen LogP contribution in [0.25, 0.3) is 6.08 Å². The lowest BCUT2D eigenvalue weighted by Gasteiger charge is -2.04. The Kier molecular flexibility index (Phi) is 4.64. The number of carboxylic acids is 1. The first kappa shape index (κ1) is 13.7. The molecule has 0 amide bonds. The van der Waals surface area contributed by atoms with E-state index < -0.39 is 11.8 Å². The van der Waals surface area contributed by atoms with Crippen molar-refractivity contribution in [2.75, 3.05) is 0 Å². The predicted molar refractivity (Wildman–Crippen MR) is 72.5 cm³/mol. The summed E-state index contributed by atoms with van der Waals surface area (Å²) >= 11 is 2.76. The molecule has 19 heavy (non-hydrogen) atoms. The lowest BCUT2D eigenvalue weighted by atomic mass is 10.1. The molecule has 7 heteroatoms. The fourth-order valence-corrected chi connectivity index (χ4v) is 2.84. The van der Waals surface area contributed by atoms with Crippen LogP contribution in [0, 0.1) is 5.82 Å². The Hall–Kier alpha value is -1.73. The molecule has 4 nitrogen and oxygen atoms in total. The Morgan fingerprint density at radius 2 is 2.37 bits per heavy atom. The largest absolute Gasteiger partial charge is 0.478 e. The summed E-state index contributed by atoms with van der Waals surface area (Å²) in [6.45, 7) is 0. The summed E-state index contributed by atoms with van der Waals surface area (Å²) in [6, 6.07) is 4.31. The monoisotopic (exact) mass is 296 g/mol. The molecule has 0 saturated heterocycles. The van der Waals surface area contributed by atoms with E-state index in [-0.39, 0.29) is 0 Å². The van der Waals surface area contributed by atoms with Crippen LogP contribution in [-0.2, 0) is 10.5 Å². The zero-order valence-electron chi connectivity index (χ0n) is 9.62. The van der Waals surface area contributed by atoms with Gasteiger partial charge in [-0.25, -0.2) is 14.2 Å². The van der Waals surface area contributed by atoms with E-state index in [4.69, 9.17) is 5.11 Å². The van der Waals surface area contributed by atoms with Gasteiger partial charge in [0.25, 0.3) is 0 Å². The van der Waals surface area contributed by atoms with Crippen LogP contribution in [0.15, 0.2) is 34.9 Å². The number of thioether (sulfide) groups is 1. The molecule has 1 N–H and O–H groups in total. The van der Waals surface area contributed by atoms with Gasteiger partial charge in [0.05, 0.1) is 0 Å². The number of carbonyl (C=O) groups is 1. The highest BCUT2D eigenvalue weighted by atomic mass is 32.2. The van der Waals surface area contributed by atoms with E-state index in [1.165, 1.54) is 47.8 Å². The van der Waals surface area contributed by atoms with Gasteiger partial charge in [-0.2, -0.15) is 4.37 Å². The summed E-state index contributed by atoms with van der Waals surface area (Å²) in [4.78, 5) is 14.5. The minimum atomic E-state index is -1.06. The highest BCUT2D eigenvalue weighted by molar-refractivity contribution is 8.00. The van der Waals surface area contributed by atoms with Crippen LogP contribution < -0.4 is 0 Å². The first-order valence-corrected chi connectivity index (χ1v) is 7.00. The first-order valence-electron chi connectivity index (χ1n) is 5.24. The van der Waals surface area contributed by atoms with E-state index in [2.05, 4.69) is 9.36 Å².